The lowest BCUT2D eigenvalue weighted by atomic mass is 10.1. The molecule has 2 aromatic rings. The Morgan fingerprint density at radius 2 is 2.04 bits per heavy atom. The van der Waals surface area contributed by atoms with Gasteiger partial charge in [0.1, 0.15) is 5.56 Å². The molecule has 0 atom stereocenters. The van der Waals surface area contributed by atoms with Gasteiger partial charge in [0.2, 0.25) is 5.91 Å². The van der Waals surface area contributed by atoms with Gasteiger partial charge >= 0.3 is 0 Å². The number of halogens is 1. The first-order valence-corrected chi connectivity index (χ1v) is 7.99. The van der Waals surface area contributed by atoms with Crippen LogP contribution in [0.4, 0.5) is 17.1 Å². The summed E-state index contributed by atoms with van der Waals surface area (Å²) in [5.41, 5.74) is 0.672. The van der Waals surface area contributed by atoms with Crippen molar-refractivity contribution in [3.63, 3.8) is 0 Å². The predicted molar refractivity (Wildman–Crippen MR) is 94.1 cm³/mol. The minimum atomic E-state index is -0.640. The molecule has 0 aromatic heterocycles. The second-order valence-corrected chi connectivity index (χ2v) is 6.01. The largest absolute Gasteiger partial charge is 0.322 e. The molecule has 0 saturated carbocycles. The van der Waals surface area contributed by atoms with Gasteiger partial charge in [-0.2, -0.15) is 0 Å². The number of amides is 2. The summed E-state index contributed by atoms with van der Waals surface area (Å²) >= 11 is 5.85. The molecule has 8 heteroatoms. The fourth-order valence-corrected chi connectivity index (χ4v) is 2.89. The zero-order valence-electron chi connectivity index (χ0n) is 13.1. The van der Waals surface area contributed by atoms with E-state index in [1.54, 1.807) is 29.2 Å². The summed E-state index contributed by atoms with van der Waals surface area (Å²) in [6.45, 7) is 0.635. The Bertz CT molecular complexity index is 869. The maximum absolute atomic E-state index is 12.4. The molecule has 0 spiro atoms. The summed E-state index contributed by atoms with van der Waals surface area (Å²) in [5.74, 6) is -0.604. The highest BCUT2D eigenvalue weighted by molar-refractivity contribution is 6.31. The molecule has 1 heterocycles. The Labute approximate surface area is 148 Å². The molecule has 3 rings (SSSR count). The first-order valence-electron chi connectivity index (χ1n) is 7.61. The first kappa shape index (κ1) is 16.9. The summed E-state index contributed by atoms with van der Waals surface area (Å²) in [6.07, 6.45) is 1.30. The number of nitrogens with zero attached hydrogens (tertiary/aromatic N) is 2. The number of anilines is 2. The second-order valence-electron chi connectivity index (χ2n) is 5.57. The van der Waals surface area contributed by atoms with E-state index in [0.29, 0.717) is 24.3 Å². The van der Waals surface area contributed by atoms with E-state index in [4.69, 9.17) is 11.6 Å². The SMILES string of the molecule is O=C(Nc1cccc(N2CCCC2=O)c1)c1cc(Cl)ccc1[N+](=O)[O-]. The highest BCUT2D eigenvalue weighted by Crippen LogP contribution is 2.26. The zero-order valence-corrected chi connectivity index (χ0v) is 13.8. The fourth-order valence-electron chi connectivity index (χ4n) is 2.72. The van der Waals surface area contributed by atoms with Gasteiger partial charge in [-0.25, -0.2) is 0 Å². The fraction of sp³-hybridized carbons (Fsp3) is 0.176. The van der Waals surface area contributed by atoms with Gasteiger partial charge < -0.3 is 10.2 Å². The first-order chi connectivity index (χ1) is 12.0. The smallest absolute Gasteiger partial charge is 0.282 e. The number of nitrogens with one attached hydrogen (secondary N) is 1. The summed E-state index contributed by atoms with van der Waals surface area (Å²) in [6, 6.07) is 10.6. The molecule has 1 aliphatic rings. The van der Waals surface area contributed by atoms with E-state index in [-0.39, 0.29) is 22.2 Å². The lowest BCUT2D eigenvalue weighted by Gasteiger charge is -2.16. The number of carbonyl (C=O) groups is 2. The van der Waals surface area contributed by atoms with Crippen molar-refractivity contribution >= 4 is 40.5 Å². The van der Waals surface area contributed by atoms with E-state index < -0.39 is 10.8 Å². The van der Waals surface area contributed by atoms with Crippen LogP contribution in [0, 0.1) is 10.1 Å². The maximum atomic E-state index is 12.4. The number of carbonyl (C=O) groups excluding carboxylic acids is 2. The highest BCUT2D eigenvalue weighted by Gasteiger charge is 2.23. The number of nitro groups is 1. The van der Waals surface area contributed by atoms with E-state index in [1.165, 1.54) is 18.2 Å². The van der Waals surface area contributed by atoms with Crippen molar-refractivity contribution in [2.75, 3.05) is 16.8 Å². The average molecular weight is 360 g/mol. The molecular formula is C17H14ClN3O4. The molecule has 0 unspecified atom stereocenters. The van der Waals surface area contributed by atoms with Gasteiger partial charge in [0, 0.05) is 35.4 Å². The molecule has 1 N–H and O–H groups in total. The van der Waals surface area contributed by atoms with Crippen LogP contribution >= 0.6 is 11.6 Å². The Balaban J connectivity index is 1.86. The highest BCUT2D eigenvalue weighted by atomic mass is 35.5. The van der Waals surface area contributed by atoms with Gasteiger partial charge in [-0.05, 0) is 36.8 Å². The third kappa shape index (κ3) is 3.61. The third-order valence-electron chi connectivity index (χ3n) is 3.89. The van der Waals surface area contributed by atoms with E-state index in [0.717, 1.165) is 6.42 Å². The van der Waals surface area contributed by atoms with Gasteiger partial charge in [-0.1, -0.05) is 17.7 Å². The summed E-state index contributed by atoms with van der Waals surface area (Å²) in [5, 5.41) is 13.9. The second kappa shape index (κ2) is 6.90. The van der Waals surface area contributed by atoms with E-state index in [1.807, 2.05) is 0 Å². The number of hydrogen-bond acceptors (Lipinski definition) is 4. The molecule has 0 aliphatic carbocycles. The monoisotopic (exact) mass is 359 g/mol. The van der Waals surface area contributed by atoms with Crippen LogP contribution in [0.25, 0.3) is 0 Å². The molecule has 25 heavy (non-hydrogen) atoms. The summed E-state index contributed by atoms with van der Waals surface area (Å²) < 4.78 is 0. The quantitative estimate of drug-likeness (QED) is 0.666. The molecule has 1 aliphatic heterocycles. The number of nitro benzene ring substituents is 1. The van der Waals surface area contributed by atoms with Crippen molar-refractivity contribution in [1.82, 2.24) is 0 Å². The van der Waals surface area contributed by atoms with Gasteiger partial charge in [0.15, 0.2) is 0 Å². The van der Waals surface area contributed by atoms with Crippen LogP contribution < -0.4 is 10.2 Å². The molecule has 1 fully saturated rings. The maximum Gasteiger partial charge on any atom is 0.282 e. The van der Waals surface area contributed by atoms with E-state index in [2.05, 4.69) is 5.32 Å². The normalized spacial score (nSPS) is 13.8. The molecular weight excluding hydrogens is 346 g/mol. The molecule has 1 saturated heterocycles. The Hall–Kier alpha value is -2.93. The third-order valence-corrected chi connectivity index (χ3v) is 4.12. The van der Waals surface area contributed by atoms with Gasteiger partial charge in [0.05, 0.1) is 4.92 Å². The van der Waals surface area contributed by atoms with Gasteiger partial charge in [-0.3, -0.25) is 19.7 Å². The standard InChI is InChI=1S/C17H14ClN3O4/c18-11-6-7-15(21(24)25)14(9-11)17(23)19-12-3-1-4-13(10-12)20-8-2-5-16(20)22/h1,3-4,6-7,9-10H,2,5,8H2,(H,19,23). The number of rotatable bonds is 4. The predicted octanol–water partition coefficient (Wildman–Crippen LogP) is 3.63. The number of benzene rings is 2. The molecule has 2 amide bonds. The van der Waals surface area contributed by atoms with Crippen LogP contribution in [0.1, 0.15) is 23.2 Å². The minimum Gasteiger partial charge on any atom is -0.322 e. The van der Waals surface area contributed by atoms with Crippen LogP contribution in [0.5, 0.6) is 0 Å². The Kier molecular flexibility index (Phi) is 4.67. The zero-order chi connectivity index (χ0) is 18.0. The van der Waals surface area contributed by atoms with Crippen LogP contribution in [0.3, 0.4) is 0 Å². The Morgan fingerprint density at radius 1 is 1.24 bits per heavy atom. The van der Waals surface area contributed by atoms with E-state index in [9.17, 15) is 19.7 Å². The van der Waals surface area contributed by atoms with Crippen LogP contribution in [-0.4, -0.2) is 23.3 Å². The topological polar surface area (TPSA) is 92.6 Å². The Morgan fingerprint density at radius 3 is 2.72 bits per heavy atom. The lowest BCUT2D eigenvalue weighted by Crippen LogP contribution is -2.23. The van der Waals surface area contributed by atoms with Gasteiger partial charge in [0.25, 0.3) is 11.6 Å². The molecule has 2 aromatic carbocycles. The average Bonchev–Trinajstić information content (AvgIpc) is 3.00. The van der Waals surface area contributed by atoms with Crippen molar-refractivity contribution in [1.29, 1.82) is 0 Å². The summed E-state index contributed by atoms with van der Waals surface area (Å²) in [4.78, 5) is 36.4. The molecule has 0 radical (unpaired) electrons. The molecule has 7 nitrogen and oxygen atoms in total. The van der Waals surface area contributed by atoms with Gasteiger partial charge in [-0.15, -0.1) is 0 Å². The van der Waals surface area contributed by atoms with Crippen molar-refractivity contribution < 1.29 is 14.5 Å². The van der Waals surface area contributed by atoms with Crippen LogP contribution in [-0.2, 0) is 4.79 Å². The van der Waals surface area contributed by atoms with Crippen molar-refractivity contribution in [3.8, 4) is 0 Å². The molecule has 0 bridgehead atoms. The summed E-state index contributed by atoms with van der Waals surface area (Å²) in [7, 11) is 0. The van der Waals surface area contributed by atoms with Crippen LogP contribution in [0.2, 0.25) is 5.02 Å². The van der Waals surface area contributed by atoms with E-state index >= 15 is 0 Å². The molecule has 128 valence electrons. The van der Waals surface area contributed by atoms with Crippen LogP contribution in [0.15, 0.2) is 42.5 Å². The van der Waals surface area contributed by atoms with Crippen molar-refractivity contribution in [2.45, 2.75) is 12.8 Å². The minimum absolute atomic E-state index is 0.0361. The van der Waals surface area contributed by atoms with Crippen molar-refractivity contribution in [2.24, 2.45) is 0 Å². The lowest BCUT2D eigenvalue weighted by molar-refractivity contribution is -0.385. The number of hydrogen-bond donors (Lipinski definition) is 1. The van der Waals surface area contributed by atoms with Crippen molar-refractivity contribution in [3.05, 3.63) is 63.2 Å².